The van der Waals surface area contributed by atoms with E-state index in [9.17, 15) is 14.7 Å². The summed E-state index contributed by atoms with van der Waals surface area (Å²) in [5, 5.41) is 18.7. The molecule has 6 heteroatoms. The summed E-state index contributed by atoms with van der Waals surface area (Å²) in [7, 11) is 1.19. The molecule has 0 aromatic carbocycles. The van der Waals surface area contributed by atoms with E-state index in [1.807, 2.05) is 0 Å². The number of rotatable bonds is 7. The molecule has 0 atom stereocenters. The molecular formula is C13H19NO5. The van der Waals surface area contributed by atoms with Crippen LogP contribution in [-0.2, 0) is 11.3 Å². The van der Waals surface area contributed by atoms with Crippen molar-refractivity contribution in [3.05, 3.63) is 17.5 Å². The molecule has 0 fully saturated rings. The maximum Gasteiger partial charge on any atom is 0.358 e. The van der Waals surface area contributed by atoms with Gasteiger partial charge in [0, 0.05) is 12.7 Å². The van der Waals surface area contributed by atoms with Crippen LogP contribution in [0.15, 0.2) is 6.20 Å². The van der Waals surface area contributed by atoms with Crippen LogP contribution in [0.25, 0.3) is 0 Å². The van der Waals surface area contributed by atoms with Gasteiger partial charge in [-0.1, -0.05) is 26.2 Å². The van der Waals surface area contributed by atoms with Crippen molar-refractivity contribution in [2.45, 2.75) is 39.2 Å². The topological polar surface area (TPSA) is 88.8 Å². The second kappa shape index (κ2) is 6.82. The lowest BCUT2D eigenvalue weighted by Gasteiger charge is -2.07. The van der Waals surface area contributed by atoms with Crippen LogP contribution in [0.4, 0.5) is 0 Å². The fourth-order valence-electron chi connectivity index (χ4n) is 1.90. The van der Waals surface area contributed by atoms with E-state index in [0.29, 0.717) is 6.54 Å². The highest BCUT2D eigenvalue weighted by molar-refractivity contribution is 5.98. The predicted octanol–water partition coefficient (Wildman–Crippen LogP) is 2.26. The van der Waals surface area contributed by atoms with E-state index in [1.165, 1.54) is 17.9 Å². The van der Waals surface area contributed by atoms with Crippen molar-refractivity contribution in [1.29, 1.82) is 0 Å². The summed E-state index contributed by atoms with van der Waals surface area (Å²) in [6.45, 7) is 2.56. The first-order valence-corrected chi connectivity index (χ1v) is 6.26. The van der Waals surface area contributed by atoms with Gasteiger partial charge in [-0.2, -0.15) is 0 Å². The lowest BCUT2D eigenvalue weighted by molar-refractivity contribution is 0.0584. The lowest BCUT2D eigenvalue weighted by atomic mass is 10.2. The number of hydrogen-bond acceptors (Lipinski definition) is 4. The third kappa shape index (κ3) is 3.49. The molecule has 19 heavy (non-hydrogen) atoms. The summed E-state index contributed by atoms with van der Waals surface area (Å²) in [5.41, 5.74) is -0.382. The van der Waals surface area contributed by atoms with Gasteiger partial charge in [-0.05, 0) is 6.42 Å². The lowest BCUT2D eigenvalue weighted by Crippen LogP contribution is -2.10. The number of hydrogen-bond donors (Lipinski definition) is 2. The van der Waals surface area contributed by atoms with Crippen molar-refractivity contribution in [2.75, 3.05) is 7.11 Å². The number of esters is 1. The van der Waals surface area contributed by atoms with Crippen molar-refractivity contribution in [3.8, 4) is 5.75 Å². The SMILES string of the molecule is CCCCCCn1cc(C(=O)O)c(O)c1C(=O)OC. The standard InChI is InChI=1S/C13H19NO5/c1-3-4-5-6-7-14-8-9(12(16)17)11(15)10(14)13(18)19-2/h8,15H,3-7H2,1-2H3,(H,16,17). The molecule has 1 aromatic heterocycles. The number of aromatic nitrogens is 1. The number of methoxy groups -OCH3 is 1. The molecule has 0 aliphatic heterocycles. The van der Waals surface area contributed by atoms with E-state index in [1.54, 1.807) is 0 Å². The quantitative estimate of drug-likeness (QED) is 0.585. The Morgan fingerprint density at radius 3 is 2.53 bits per heavy atom. The molecule has 0 amide bonds. The number of aromatic carboxylic acids is 1. The Kier molecular flexibility index (Phi) is 5.41. The Morgan fingerprint density at radius 1 is 1.32 bits per heavy atom. The predicted molar refractivity (Wildman–Crippen MR) is 68.5 cm³/mol. The molecule has 1 heterocycles. The average molecular weight is 269 g/mol. The van der Waals surface area contributed by atoms with Gasteiger partial charge in [0.25, 0.3) is 0 Å². The first-order valence-electron chi connectivity index (χ1n) is 6.26. The van der Waals surface area contributed by atoms with Crippen molar-refractivity contribution < 1.29 is 24.5 Å². The molecule has 0 unspecified atom stereocenters. The minimum absolute atomic E-state index is 0.101. The van der Waals surface area contributed by atoms with Gasteiger partial charge in [0.15, 0.2) is 11.4 Å². The normalized spacial score (nSPS) is 10.4. The van der Waals surface area contributed by atoms with Gasteiger partial charge >= 0.3 is 11.9 Å². The number of carboxylic acid groups (broad SMARTS) is 1. The molecule has 0 radical (unpaired) electrons. The molecule has 0 saturated carbocycles. The number of aromatic hydroxyl groups is 1. The van der Waals surface area contributed by atoms with Gasteiger partial charge in [0.05, 0.1) is 7.11 Å². The number of carboxylic acids is 1. The van der Waals surface area contributed by atoms with Crippen LogP contribution >= 0.6 is 0 Å². The van der Waals surface area contributed by atoms with E-state index in [-0.39, 0.29) is 11.3 Å². The summed E-state index contributed by atoms with van der Waals surface area (Å²) in [5.74, 6) is -2.54. The number of unbranched alkanes of at least 4 members (excludes halogenated alkanes) is 3. The highest BCUT2D eigenvalue weighted by Crippen LogP contribution is 2.26. The molecule has 0 aliphatic rings. The molecule has 1 rings (SSSR count). The molecule has 0 bridgehead atoms. The summed E-state index contributed by atoms with van der Waals surface area (Å²) in [6.07, 6.45) is 5.23. The highest BCUT2D eigenvalue weighted by Gasteiger charge is 2.25. The third-order valence-corrected chi connectivity index (χ3v) is 2.91. The molecule has 0 saturated heterocycles. The van der Waals surface area contributed by atoms with Crippen molar-refractivity contribution in [1.82, 2.24) is 4.57 Å². The Labute approximate surface area is 111 Å². The zero-order valence-electron chi connectivity index (χ0n) is 11.2. The zero-order chi connectivity index (χ0) is 14.4. The molecule has 0 spiro atoms. The largest absolute Gasteiger partial charge is 0.505 e. The summed E-state index contributed by atoms with van der Waals surface area (Å²) in [4.78, 5) is 22.5. The van der Waals surface area contributed by atoms with Crippen LogP contribution in [-0.4, -0.2) is 33.8 Å². The first kappa shape index (κ1) is 15.1. The van der Waals surface area contributed by atoms with Gasteiger partial charge in [-0.25, -0.2) is 9.59 Å². The molecule has 0 aliphatic carbocycles. The fraction of sp³-hybridized carbons (Fsp3) is 0.538. The summed E-state index contributed by atoms with van der Waals surface area (Å²) in [6, 6.07) is 0. The third-order valence-electron chi connectivity index (χ3n) is 2.91. The van der Waals surface area contributed by atoms with Crippen LogP contribution in [0.1, 0.15) is 53.5 Å². The molecule has 1 aromatic rings. The molecule has 2 N–H and O–H groups in total. The van der Waals surface area contributed by atoms with Gasteiger partial charge < -0.3 is 19.5 Å². The monoisotopic (exact) mass is 269 g/mol. The number of aryl methyl sites for hydroxylation is 1. The minimum atomic E-state index is -1.27. The van der Waals surface area contributed by atoms with E-state index in [4.69, 9.17) is 5.11 Å². The van der Waals surface area contributed by atoms with Gasteiger partial charge in [-0.15, -0.1) is 0 Å². The van der Waals surface area contributed by atoms with Gasteiger partial charge in [-0.3, -0.25) is 0 Å². The van der Waals surface area contributed by atoms with E-state index < -0.39 is 17.7 Å². The smallest absolute Gasteiger partial charge is 0.358 e. The van der Waals surface area contributed by atoms with E-state index in [0.717, 1.165) is 25.7 Å². The Balaban J connectivity index is 2.97. The van der Waals surface area contributed by atoms with Crippen LogP contribution < -0.4 is 0 Å². The van der Waals surface area contributed by atoms with Crippen LogP contribution in [0.2, 0.25) is 0 Å². The number of carbonyl (C=O) groups excluding carboxylic acids is 1. The van der Waals surface area contributed by atoms with Crippen molar-refractivity contribution >= 4 is 11.9 Å². The number of ether oxygens (including phenoxy) is 1. The fourth-order valence-corrected chi connectivity index (χ4v) is 1.90. The zero-order valence-corrected chi connectivity index (χ0v) is 11.2. The molecular weight excluding hydrogens is 250 g/mol. The van der Waals surface area contributed by atoms with Crippen LogP contribution in [0.3, 0.4) is 0 Å². The average Bonchev–Trinajstić information content (AvgIpc) is 2.71. The minimum Gasteiger partial charge on any atom is -0.505 e. The van der Waals surface area contributed by atoms with Crippen LogP contribution in [0.5, 0.6) is 5.75 Å². The number of nitrogens with zero attached hydrogens (tertiary/aromatic N) is 1. The van der Waals surface area contributed by atoms with Gasteiger partial charge in [0.2, 0.25) is 0 Å². The number of carbonyl (C=O) groups is 2. The Morgan fingerprint density at radius 2 is 2.00 bits per heavy atom. The van der Waals surface area contributed by atoms with E-state index in [2.05, 4.69) is 11.7 Å². The van der Waals surface area contributed by atoms with Crippen LogP contribution in [0, 0.1) is 0 Å². The maximum absolute atomic E-state index is 11.6. The van der Waals surface area contributed by atoms with Crippen molar-refractivity contribution in [3.63, 3.8) is 0 Å². The molecule has 6 nitrogen and oxygen atoms in total. The maximum atomic E-state index is 11.6. The first-order chi connectivity index (χ1) is 9.02. The Bertz CT molecular complexity index is 464. The molecule has 106 valence electrons. The second-order valence-corrected chi connectivity index (χ2v) is 4.29. The second-order valence-electron chi connectivity index (χ2n) is 4.29. The van der Waals surface area contributed by atoms with Gasteiger partial charge in [0.1, 0.15) is 5.56 Å². The highest BCUT2D eigenvalue weighted by atomic mass is 16.5. The van der Waals surface area contributed by atoms with E-state index >= 15 is 0 Å². The summed E-state index contributed by atoms with van der Waals surface area (Å²) < 4.78 is 6.01. The summed E-state index contributed by atoms with van der Waals surface area (Å²) >= 11 is 0. The Hall–Kier alpha value is -1.98. The van der Waals surface area contributed by atoms with Crippen molar-refractivity contribution in [2.24, 2.45) is 0 Å².